The monoisotopic (exact) mass is 334 g/mol. The topological polar surface area (TPSA) is 58.6 Å². The molecule has 0 fully saturated rings. The molecule has 0 atom stereocenters. The minimum absolute atomic E-state index is 0.0683. The Balaban J connectivity index is 1.48. The number of para-hydroxylation sites is 1. The number of amides is 1. The second kappa shape index (κ2) is 6.45. The predicted octanol–water partition coefficient (Wildman–Crippen LogP) is 4.25. The molecule has 2 heterocycles. The average Bonchev–Trinajstić information content (AvgIpc) is 3.21. The van der Waals surface area contributed by atoms with Crippen molar-refractivity contribution in [1.82, 2.24) is 4.90 Å². The average molecular weight is 334 g/mol. The molecular weight excluding hydrogens is 316 g/mol. The molecule has 0 radical (unpaired) electrons. The number of nitrogens with one attached hydrogen (secondary N) is 1. The van der Waals surface area contributed by atoms with Gasteiger partial charge in [-0.25, -0.2) is 0 Å². The van der Waals surface area contributed by atoms with E-state index in [0.29, 0.717) is 6.54 Å². The van der Waals surface area contributed by atoms with Gasteiger partial charge in [-0.2, -0.15) is 0 Å². The van der Waals surface area contributed by atoms with Crippen LogP contribution in [0.4, 0.5) is 5.69 Å². The largest absolute Gasteiger partial charge is 0.468 e. The van der Waals surface area contributed by atoms with E-state index in [4.69, 9.17) is 8.83 Å². The Labute approximate surface area is 144 Å². The van der Waals surface area contributed by atoms with Crippen molar-refractivity contribution in [2.45, 2.75) is 6.54 Å². The Bertz CT molecular complexity index is 1020. The van der Waals surface area contributed by atoms with Crippen molar-refractivity contribution >= 4 is 33.5 Å². The highest BCUT2D eigenvalue weighted by atomic mass is 16.3. The van der Waals surface area contributed by atoms with Crippen LogP contribution in [0.3, 0.4) is 0 Å². The normalized spacial score (nSPS) is 11.4. The van der Waals surface area contributed by atoms with Crippen molar-refractivity contribution in [2.75, 3.05) is 18.9 Å². The first-order valence-electron chi connectivity index (χ1n) is 8.11. The summed E-state index contributed by atoms with van der Waals surface area (Å²) >= 11 is 0. The second-order valence-electron chi connectivity index (χ2n) is 6.11. The van der Waals surface area contributed by atoms with Crippen LogP contribution >= 0.6 is 0 Å². The number of fused-ring (bicyclic) bond motifs is 3. The van der Waals surface area contributed by atoms with E-state index in [9.17, 15) is 4.79 Å². The van der Waals surface area contributed by atoms with Crippen molar-refractivity contribution in [3.05, 3.63) is 66.6 Å². The molecule has 2 aromatic carbocycles. The maximum absolute atomic E-state index is 12.3. The molecule has 0 aliphatic carbocycles. The lowest BCUT2D eigenvalue weighted by molar-refractivity contribution is -0.117. The van der Waals surface area contributed by atoms with Gasteiger partial charge in [-0.1, -0.05) is 18.2 Å². The zero-order valence-corrected chi connectivity index (χ0v) is 13.9. The molecule has 0 saturated carbocycles. The van der Waals surface area contributed by atoms with Crippen LogP contribution in [0.25, 0.3) is 21.9 Å². The maximum atomic E-state index is 12.3. The Morgan fingerprint density at radius 1 is 1.04 bits per heavy atom. The number of hydrogen-bond acceptors (Lipinski definition) is 4. The standard InChI is InChI=1S/C20H18N2O3/c1-22(12-15-5-4-10-24-15)13-20(23)21-14-8-9-19-17(11-14)16-6-2-3-7-18(16)25-19/h2-11H,12-13H2,1H3,(H,21,23). The van der Waals surface area contributed by atoms with Gasteiger partial charge < -0.3 is 14.2 Å². The molecule has 126 valence electrons. The highest BCUT2D eigenvalue weighted by Crippen LogP contribution is 2.30. The van der Waals surface area contributed by atoms with Gasteiger partial charge in [0.1, 0.15) is 16.9 Å². The van der Waals surface area contributed by atoms with Gasteiger partial charge in [0.25, 0.3) is 0 Å². The highest BCUT2D eigenvalue weighted by Gasteiger charge is 2.11. The van der Waals surface area contributed by atoms with Crippen molar-refractivity contribution < 1.29 is 13.6 Å². The van der Waals surface area contributed by atoms with E-state index in [1.54, 1.807) is 6.26 Å². The van der Waals surface area contributed by atoms with Crippen LogP contribution in [-0.4, -0.2) is 24.4 Å². The number of hydrogen-bond donors (Lipinski definition) is 1. The summed E-state index contributed by atoms with van der Waals surface area (Å²) in [4.78, 5) is 14.2. The Kier molecular flexibility index (Phi) is 3.99. The zero-order chi connectivity index (χ0) is 17.2. The number of likely N-dealkylation sites (N-methyl/N-ethyl adjacent to an activating group) is 1. The molecule has 25 heavy (non-hydrogen) atoms. The summed E-state index contributed by atoms with van der Waals surface area (Å²) < 4.78 is 11.1. The smallest absolute Gasteiger partial charge is 0.238 e. The Morgan fingerprint density at radius 3 is 2.72 bits per heavy atom. The van der Waals surface area contributed by atoms with Crippen LogP contribution in [0, 0.1) is 0 Å². The molecule has 4 aromatic rings. The lowest BCUT2D eigenvalue weighted by atomic mass is 10.1. The first kappa shape index (κ1) is 15.5. The molecule has 0 aliphatic rings. The summed E-state index contributed by atoms with van der Waals surface area (Å²) in [5.41, 5.74) is 2.42. The number of carbonyl (C=O) groups excluding carboxylic acids is 1. The van der Waals surface area contributed by atoms with Crippen LogP contribution in [0.15, 0.2) is 69.7 Å². The predicted molar refractivity (Wildman–Crippen MR) is 97.4 cm³/mol. The number of rotatable bonds is 5. The van der Waals surface area contributed by atoms with Crippen LogP contribution in [0.1, 0.15) is 5.76 Å². The van der Waals surface area contributed by atoms with Crippen LogP contribution < -0.4 is 5.32 Å². The third kappa shape index (κ3) is 3.27. The van der Waals surface area contributed by atoms with Crippen molar-refractivity contribution in [2.24, 2.45) is 0 Å². The molecule has 0 spiro atoms. The van der Waals surface area contributed by atoms with Gasteiger partial charge >= 0.3 is 0 Å². The maximum Gasteiger partial charge on any atom is 0.238 e. The van der Waals surface area contributed by atoms with Crippen molar-refractivity contribution in [3.63, 3.8) is 0 Å². The molecule has 0 aliphatic heterocycles. The molecule has 2 aromatic heterocycles. The summed E-state index contributed by atoms with van der Waals surface area (Å²) in [7, 11) is 1.88. The number of carbonyl (C=O) groups is 1. The van der Waals surface area contributed by atoms with E-state index in [1.165, 1.54) is 0 Å². The van der Waals surface area contributed by atoms with Gasteiger partial charge in [-0.05, 0) is 43.4 Å². The Morgan fingerprint density at radius 2 is 1.88 bits per heavy atom. The fraction of sp³-hybridized carbons (Fsp3) is 0.150. The SMILES string of the molecule is CN(CC(=O)Nc1ccc2oc3ccccc3c2c1)Cc1ccco1. The summed E-state index contributed by atoms with van der Waals surface area (Å²) in [6.07, 6.45) is 1.63. The summed E-state index contributed by atoms with van der Waals surface area (Å²) in [5.74, 6) is 0.766. The molecule has 0 unspecified atom stereocenters. The van der Waals surface area contributed by atoms with E-state index >= 15 is 0 Å². The number of nitrogens with zero attached hydrogens (tertiary/aromatic N) is 1. The van der Waals surface area contributed by atoms with Gasteiger partial charge in [0.15, 0.2) is 0 Å². The molecule has 5 heteroatoms. The first-order valence-corrected chi connectivity index (χ1v) is 8.11. The molecule has 0 saturated heterocycles. The highest BCUT2D eigenvalue weighted by molar-refractivity contribution is 6.07. The Hall–Kier alpha value is -3.05. The van der Waals surface area contributed by atoms with E-state index in [1.807, 2.05) is 66.5 Å². The lowest BCUT2D eigenvalue weighted by Crippen LogP contribution is -2.29. The molecule has 0 bridgehead atoms. The second-order valence-corrected chi connectivity index (χ2v) is 6.11. The third-order valence-electron chi connectivity index (χ3n) is 4.08. The summed E-state index contributed by atoms with van der Waals surface area (Å²) in [6, 6.07) is 17.3. The molecule has 4 rings (SSSR count). The van der Waals surface area contributed by atoms with Gasteiger partial charge in [0.2, 0.25) is 5.91 Å². The lowest BCUT2D eigenvalue weighted by Gasteiger charge is -2.14. The first-order chi connectivity index (χ1) is 12.2. The number of furan rings is 2. The van der Waals surface area contributed by atoms with Crippen LogP contribution in [0.5, 0.6) is 0 Å². The molecule has 1 amide bonds. The van der Waals surface area contributed by atoms with Crippen LogP contribution in [-0.2, 0) is 11.3 Å². The van der Waals surface area contributed by atoms with E-state index in [2.05, 4.69) is 5.32 Å². The minimum Gasteiger partial charge on any atom is -0.468 e. The third-order valence-corrected chi connectivity index (χ3v) is 4.08. The van der Waals surface area contributed by atoms with E-state index < -0.39 is 0 Å². The number of benzene rings is 2. The van der Waals surface area contributed by atoms with Crippen LogP contribution in [0.2, 0.25) is 0 Å². The fourth-order valence-electron chi connectivity index (χ4n) is 2.97. The number of anilines is 1. The van der Waals surface area contributed by atoms with Gasteiger partial charge in [-0.3, -0.25) is 9.69 Å². The van der Waals surface area contributed by atoms with E-state index in [0.717, 1.165) is 33.4 Å². The van der Waals surface area contributed by atoms with Gasteiger partial charge in [0.05, 0.1) is 19.4 Å². The molecular formula is C20H18N2O3. The van der Waals surface area contributed by atoms with Gasteiger partial charge in [-0.15, -0.1) is 0 Å². The summed E-state index contributed by atoms with van der Waals surface area (Å²) in [5, 5.41) is 4.99. The molecule has 5 nitrogen and oxygen atoms in total. The van der Waals surface area contributed by atoms with E-state index in [-0.39, 0.29) is 12.5 Å². The quantitative estimate of drug-likeness (QED) is 0.593. The zero-order valence-electron chi connectivity index (χ0n) is 13.9. The van der Waals surface area contributed by atoms with Gasteiger partial charge in [0, 0.05) is 16.5 Å². The van der Waals surface area contributed by atoms with Crippen molar-refractivity contribution in [3.8, 4) is 0 Å². The fourth-order valence-corrected chi connectivity index (χ4v) is 2.97. The summed E-state index contributed by atoms with van der Waals surface area (Å²) in [6.45, 7) is 0.872. The minimum atomic E-state index is -0.0683. The molecule has 1 N–H and O–H groups in total. The van der Waals surface area contributed by atoms with Crippen molar-refractivity contribution in [1.29, 1.82) is 0 Å².